The quantitative estimate of drug-likeness (QED) is 0.167. The molecule has 25 heavy (non-hydrogen) atoms. The molecule has 0 bridgehead atoms. The Hall–Kier alpha value is 1.25. The molecule has 0 unspecified atom stereocenters. The van der Waals surface area contributed by atoms with E-state index in [0.29, 0.717) is 0 Å². The molecule has 146 valence electrons. The summed E-state index contributed by atoms with van der Waals surface area (Å²) >= 11 is 0. The number of hydrogen-bond donors (Lipinski definition) is 0. The van der Waals surface area contributed by atoms with E-state index in [1.807, 2.05) is 0 Å². The summed E-state index contributed by atoms with van der Waals surface area (Å²) in [4.78, 5) is 0. The van der Waals surface area contributed by atoms with Crippen molar-refractivity contribution in [1.82, 2.24) is 0 Å². The van der Waals surface area contributed by atoms with Gasteiger partial charge in [0.05, 0.1) is 13.2 Å². The molecule has 0 aliphatic rings. The van der Waals surface area contributed by atoms with E-state index in [1.54, 1.807) is 0 Å². The summed E-state index contributed by atoms with van der Waals surface area (Å²) in [6.07, 6.45) is 19.2. The molecule has 0 atom stereocenters. The molecular formula is C19H39KO4S. The van der Waals surface area contributed by atoms with Crippen LogP contribution in [0.1, 0.15) is 96.8 Å². The van der Waals surface area contributed by atoms with Gasteiger partial charge in [0.25, 0.3) is 0 Å². The molecule has 0 rings (SSSR count). The second kappa shape index (κ2) is 21.5. The third-order valence-corrected chi connectivity index (χ3v) is 4.94. The van der Waals surface area contributed by atoms with Crippen molar-refractivity contribution in [2.24, 2.45) is 0 Å². The van der Waals surface area contributed by atoms with E-state index >= 15 is 0 Å². The van der Waals surface area contributed by atoms with Gasteiger partial charge in [-0.1, -0.05) is 96.5 Å². The van der Waals surface area contributed by atoms with Crippen LogP contribution in [0.3, 0.4) is 0 Å². The van der Waals surface area contributed by atoms with Gasteiger partial charge in [0.1, 0.15) is 0 Å². The maximum atomic E-state index is 11.2. The van der Waals surface area contributed by atoms with Crippen molar-refractivity contribution < 1.29 is 16.8 Å². The van der Waals surface area contributed by atoms with Gasteiger partial charge in [-0.15, -0.1) is 6.58 Å². The standard InChI is InChI=1S/C19H38O4S.K.H/c1-3-5-6-7-8-9-10-11-12-13-14-15-16-17-19-23-24(20,21)22-18-4-2;;/h4H,2-3,5-19H2,1H3;;. The first-order valence-electron chi connectivity index (χ1n) is 9.77. The van der Waals surface area contributed by atoms with Gasteiger partial charge in [0.15, 0.2) is 0 Å². The molecule has 0 N–H and O–H groups in total. The van der Waals surface area contributed by atoms with Crippen LogP contribution in [0.5, 0.6) is 0 Å². The van der Waals surface area contributed by atoms with Crippen LogP contribution in [0.15, 0.2) is 12.7 Å². The first-order valence-corrected chi connectivity index (χ1v) is 11.1. The van der Waals surface area contributed by atoms with Gasteiger partial charge in [0, 0.05) is 0 Å². The van der Waals surface area contributed by atoms with Crippen LogP contribution in [0.2, 0.25) is 0 Å². The van der Waals surface area contributed by atoms with Gasteiger partial charge in [-0.05, 0) is 6.42 Å². The molecule has 0 saturated carbocycles. The van der Waals surface area contributed by atoms with Crippen LogP contribution >= 0.6 is 0 Å². The Balaban J connectivity index is 0. The minimum atomic E-state index is -3.83. The van der Waals surface area contributed by atoms with E-state index in [-0.39, 0.29) is 64.6 Å². The molecule has 0 saturated heterocycles. The van der Waals surface area contributed by atoms with Crippen LogP contribution in [0, 0.1) is 0 Å². The fourth-order valence-electron chi connectivity index (χ4n) is 2.62. The van der Waals surface area contributed by atoms with Crippen molar-refractivity contribution in [3.05, 3.63) is 12.7 Å². The average molecular weight is 403 g/mol. The summed E-state index contributed by atoms with van der Waals surface area (Å²) in [7, 11) is -3.83. The molecule has 0 spiro atoms. The molecule has 0 aliphatic heterocycles. The molecule has 0 aromatic heterocycles. The van der Waals surface area contributed by atoms with Gasteiger partial charge in [-0.3, -0.25) is 0 Å². The van der Waals surface area contributed by atoms with E-state index < -0.39 is 10.4 Å². The van der Waals surface area contributed by atoms with Crippen LogP contribution in [0.4, 0.5) is 0 Å². The number of rotatable bonds is 19. The zero-order valence-electron chi connectivity index (χ0n) is 15.6. The molecule has 0 aromatic carbocycles. The fraction of sp³-hybridized carbons (Fsp3) is 0.895. The fourth-order valence-corrected chi connectivity index (χ4v) is 3.28. The average Bonchev–Trinajstić information content (AvgIpc) is 2.56. The van der Waals surface area contributed by atoms with Crippen LogP contribution < -0.4 is 0 Å². The van der Waals surface area contributed by atoms with Gasteiger partial charge in [0.2, 0.25) is 0 Å². The predicted molar refractivity (Wildman–Crippen MR) is 108 cm³/mol. The van der Waals surface area contributed by atoms with E-state index in [9.17, 15) is 8.42 Å². The number of hydrogen-bond acceptors (Lipinski definition) is 4. The molecular weight excluding hydrogens is 363 g/mol. The minimum absolute atomic E-state index is 0. The normalized spacial score (nSPS) is 11.2. The van der Waals surface area contributed by atoms with Crippen molar-refractivity contribution in [2.75, 3.05) is 13.2 Å². The molecule has 0 radical (unpaired) electrons. The van der Waals surface area contributed by atoms with Gasteiger partial charge < -0.3 is 0 Å². The Morgan fingerprint density at radius 3 is 1.52 bits per heavy atom. The summed E-state index contributed by atoms with van der Waals surface area (Å²) in [6, 6.07) is 0. The van der Waals surface area contributed by atoms with Crippen molar-refractivity contribution in [3.63, 3.8) is 0 Å². The topological polar surface area (TPSA) is 52.6 Å². The van der Waals surface area contributed by atoms with Crippen molar-refractivity contribution in [2.45, 2.75) is 96.8 Å². The second-order valence-corrected chi connectivity index (χ2v) is 7.69. The third-order valence-electron chi connectivity index (χ3n) is 4.06. The molecule has 0 heterocycles. The van der Waals surface area contributed by atoms with E-state index in [1.165, 1.54) is 76.7 Å². The summed E-state index contributed by atoms with van der Waals surface area (Å²) in [6.45, 7) is 5.82. The molecule has 0 fully saturated rings. The monoisotopic (exact) mass is 402 g/mol. The second-order valence-electron chi connectivity index (χ2n) is 6.40. The van der Waals surface area contributed by atoms with Crippen LogP contribution in [-0.2, 0) is 18.8 Å². The van der Waals surface area contributed by atoms with Gasteiger partial charge in [-0.2, -0.15) is 8.42 Å². The summed E-state index contributed by atoms with van der Waals surface area (Å²) in [5.41, 5.74) is 0. The Labute approximate surface area is 199 Å². The summed E-state index contributed by atoms with van der Waals surface area (Å²) < 4.78 is 31.7. The third kappa shape index (κ3) is 23.2. The van der Waals surface area contributed by atoms with Crippen LogP contribution in [-0.4, -0.2) is 73.0 Å². The van der Waals surface area contributed by atoms with Crippen molar-refractivity contribution in [3.8, 4) is 0 Å². The summed E-state index contributed by atoms with van der Waals surface area (Å²) in [5.74, 6) is 0. The van der Waals surface area contributed by atoms with Gasteiger partial charge >= 0.3 is 61.8 Å². The van der Waals surface area contributed by atoms with E-state index in [0.717, 1.165) is 19.3 Å². The molecule has 0 aliphatic carbocycles. The molecule has 6 heteroatoms. The predicted octanol–water partition coefficient (Wildman–Crippen LogP) is 5.28. The summed E-state index contributed by atoms with van der Waals surface area (Å²) in [5, 5.41) is 0. The Kier molecular flexibility index (Phi) is 24.5. The van der Waals surface area contributed by atoms with E-state index in [2.05, 4.69) is 17.7 Å². The van der Waals surface area contributed by atoms with Gasteiger partial charge in [-0.25, -0.2) is 8.37 Å². The Bertz CT molecular complexity index is 372. The molecule has 4 nitrogen and oxygen atoms in total. The van der Waals surface area contributed by atoms with Crippen molar-refractivity contribution >= 4 is 61.8 Å². The van der Waals surface area contributed by atoms with E-state index in [4.69, 9.17) is 4.18 Å². The SMILES string of the molecule is C=CCOS(=O)(=O)OCCCCCCCCCCCCCCCC.[KH]. The van der Waals surface area contributed by atoms with Crippen molar-refractivity contribution in [1.29, 1.82) is 0 Å². The van der Waals surface area contributed by atoms with Crippen LogP contribution in [0.25, 0.3) is 0 Å². The Morgan fingerprint density at radius 2 is 1.12 bits per heavy atom. The molecule has 0 amide bonds. The zero-order chi connectivity index (χ0) is 17.9. The zero-order valence-corrected chi connectivity index (χ0v) is 16.5. The molecule has 0 aromatic rings. The number of unbranched alkanes of at least 4 members (excludes halogenated alkanes) is 13. The first kappa shape index (κ1) is 28.5. The maximum absolute atomic E-state index is 11.2. The Morgan fingerprint density at radius 1 is 0.720 bits per heavy atom. The first-order chi connectivity index (χ1) is 11.6.